The summed E-state index contributed by atoms with van der Waals surface area (Å²) < 4.78 is 25.9. The molecule has 7 heteroatoms. The Hall–Kier alpha value is -2.02. The van der Waals surface area contributed by atoms with Crippen molar-refractivity contribution in [2.75, 3.05) is 7.05 Å². The van der Waals surface area contributed by atoms with Gasteiger partial charge in [0.05, 0.1) is 4.90 Å². The monoisotopic (exact) mass is 349 g/mol. The van der Waals surface area contributed by atoms with Gasteiger partial charge < -0.3 is 0 Å². The number of hydrogen-bond acceptors (Lipinski definition) is 4. The molecular weight excluding hydrogens is 338 g/mol. The highest BCUT2D eigenvalue weighted by Crippen LogP contribution is 2.30. The average molecular weight is 350 g/mol. The third-order valence-corrected chi connectivity index (χ3v) is 5.93. The average Bonchev–Trinajstić information content (AvgIpc) is 2.54. The van der Waals surface area contributed by atoms with Crippen LogP contribution in [0.2, 0.25) is 5.02 Å². The molecule has 1 aliphatic heterocycles. The first-order valence-corrected chi connectivity index (χ1v) is 8.57. The summed E-state index contributed by atoms with van der Waals surface area (Å²) in [5.74, 6) is -1.11. The van der Waals surface area contributed by atoms with E-state index in [1.807, 2.05) is 0 Å². The molecule has 1 unspecified atom stereocenters. The molecule has 0 N–H and O–H groups in total. The number of ketones is 2. The number of sulfonamides is 1. The number of hydrogen-bond donors (Lipinski definition) is 0. The maximum absolute atomic E-state index is 12.7. The van der Waals surface area contributed by atoms with Crippen LogP contribution in [0.3, 0.4) is 0 Å². The Morgan fingerprint density at radius 2 is 1.70 bits per heavy atom. The summed E-state index contributed by atoms with van der Waals surface area (Å²) in [4.78, 5) is 25.2. The Morgan fingerprint density at radius 3 is 2.35 bits per heavy atom. The van der Waals surface area contributed by atoms with Crippen LogP contribution < -0.4 is 0 Å². The van der Waals surface area contributed by atoms with Gasteiger partial charge >= 0.3 is 0 Å². The van der Waals surface area contributed by atoms with E-state index in [0.717, 1.165) is 4.31 Å². The summed E-state index contributed by atoms with van der Waals surface area (Å²) >= 11 is 5.79. The maximum atomic E-state index is 12.7. The standard InChI is InChI=1S/C16H12ClNO4S/c1-18-14(15(19)10-6-8-11(17)9-7-10)16(20)12-4-2-3-5-13(12)23(18,21)22/h2-9,14H,1H3. The lowest BCUT2D eigenvalue weighted by molar-refractivity contribution is 0.0784. The first kappa shape index (κ1) is 15.9. The molecular formula is C16H12ClNO4S. The van der Waals surface area contributed by atoms with Crippen LogP contribution in [0.1, 0.15) is 20.7 Å². The number of benzene rings is 2. The molecule has 0 bridgehead atoms. The lowest BCUT2D eigenvalue weighted by Crippen LogP contribution is -2.51. The first-order valence-electron chi connectivity index (χ1n) is 6.75. The number of halogens is 1. The molecule has 3 rings (SSSR count). The van der Waals surface area contributed by atoms with Gasteiger partial charge in [-0.2, -0.15) is 4.31 Å². The summed E-state index contributed by atoms with van der Waals surface area (Å²) in [6.07, 6.45) is 0. The topological polar surface area (TPSA) is 71.5 Å². The number of carbonyl (C=O) groups excluding carboxylic acids is 2. The minimum atomic E-state index is -3.90. The fourth-order valence-corrected chi connectivity index (χ4v) is 4.16. The molecule has 1 heterocycles. The molecule has 118 valence electrons. The van der Waals surface area contributed by atoms with Gasteiger partial charge in [-0.3, -0.25) is 9.59 Å². The predicted molar refractivity (Wildman–Crippen MR) is 85.3 cm³/mol. The van der Waals surface area contributed by atoms with Crippen molar-refractivity contribution in [2.45, 2.75) is 10.9 Å². The molecule has 5 nitrogen and oxygen atoms in total. The fraction of sp³-hybridized carbons (Fsp3) is 0.125. The van der Waals surface area contributed by atoms with Crippen LogP contribution in [0, 0.1) is 0 Å². The lowest BCUT2D eigenvalue weighted by atomic mass is 9.96. The zero-order valence-electron chi connectivity index (χ0n) is 12.1. The minimum Gasteiger partial charge on any atom is -0.292 e. The number of carbonyl (C=O) groups is 2. The smallest absolute Gasteiger partial charge is 0.244 e. The number of likely N-dealkylation sites (N-methyl/N-ethyl adjacent to an activating group) is 1. The van der Waals surface area contributed by atoms with E-state index >= 15 is 0 Å². The third-order valence-electron chi connectivity index (χ3n) is 3.80. The SMILES string of the molecule is CN1C(C(=O)c2ccc(Cl)cc2)C(=O)c2ccccc2S1(=O)=O. The summed E-state index contributed by atoms with van der Waals surface area (Å²) in [7, 11) is -2.66. The van der Waals surface area contributed by atoms with E-state index in [1.54, 1.807) is 12.1 Å². The van der Waals surface area contributed by atoms with Gasteiger partial charge in [0.2, 0.25) is 10.0 Å². The normalized spacial score (nSPS) is 20.1. The van der Waals surface area contributed by atoms with E-state index in [2.05, 4.69) is 0 Å². The van der Waals surface area contributed by atoms with Gasteiger partial charge in [0.25, 0.3) is 0 Å². The van der Waals surface area contributed by atoms with Crippen LogP contribution in [0.15, 0.2) is 53.4 Å². The van der Waals surface area contributed by atoms with Crippen molar-refractivity contribution in [1.82, 2.24) is 4.31 Å². The minimum absolute atomic E-state index is 0.0397. The molecule has 0 spiro atoms. The van der Waals surface area contributed by atoms with E-state index in [4.69, 9.17) is 11.6 Å². The molecule has 0 aliphatic carbocycles. The zero-order valence-corrected chi connectivity index (χ0v) is 13.6. The van der Waals surface area contributed by atoms with Crippen molar-refractivity contribution < 1.29 is 18.0 Å². The Labute approximate surface area is 138 Å². The molecule has 2 aromatic rings. The second kappa shape index (κ2) is 5.56. The number of nitrogens with zero attached hydrogens (tertiary/aromatic N) is 1. The molecule has 0 saturated heterocycles. The molecule has 0 fully saturated rings. The van der Waals surface area contributed by atoms with Gasteiger partial charge in [-0.05, 0) is 36.4 Å². The van der Waals surface area contributed by atoms with Crippen molar-refractivity contribution in [3.05, 3.63) is 64.7 Å². The van der Waals surface area contributed by atoms with Gasteiger partial charge in [0, 0.05) is 23.2 Å². The summed E-state index contributed by atoms with van der Waals surface area (Å²) in [6, 6.07) is 10.5. The van der Waals surface area contributed by atoms with Gasteiger partial charge in [0.15, 0.2) is 17.6 Å². The van der Waals surface area contributed by atoms with Crippen LogP contribution in [-0.2, 0) is 10.0 Å². The third kappa shape index (κ3) is 2.49. The Bertz CT molecular complexity index is 906. The van der Waals surface area contributed by atoms with E-state index < -0.39 is 27.6 Å². The van der Waals surface area contributed by atoms with Crippen molar-refractivity contribution in [1.29, 1.82) is 0 Å². The van der Waals surface area contributed by atoms with E-state index in [9.17, 15) is 18.0 Å². The second-order valence-corrected chi connectivity index (χ2v) is 7.56. The summed E-state index contributed by atoms with van der Waals surface area (Å²) in [5, 5.41) is 0.447. The van der Waals surface area contributed by atoms with Crippen molar-refractivity contribution >= 4 is 33.2 Å². The van der Waals surface area contributed by atoms with Crippen LogP contribution in [0.5, 0.6) is 0 Å². The Kier molecular flexibility index (Phi) is 3.83. The second-order valence-electron chi connectivity index (χ2n) is 5.16. The quantitative estimate of drug-likeness (QED) is 0.616. The van der Waals surface area contributed by atoms with Crippen molar-refractivity contribution in [3.63, 3.8) is 0 Å². The highest BCUT2D eigenvalue weighted by Gasteiger charge is 2.45. The molecule has 0 amide bonds. The van der Waals surface area contributed by atoms with Gasteiger partial charge in [0.1, 0.15) is 0 Å². The van der Waals surface area contributed by atoms with E-state index in [1.165, 1.54) is 43.4 Å². The van der Waals surface area contributed by atoms with Crippen LogP contribution in [0.25, 0.3) is 0 Å². The van der Waals surface area contributed by atoms with Crippen molar-refractivity contribution in [2.24, 2.45) is 0 Å². The van der Waals surface area contributed by atoms with Gasteiger partial charge in [-0.25, -0.2) is 8.42 Å². The van der Waals surface area contributed by atoms with Gasteiger partial charge in [-0.1, -0.05) is 23.7 Å². The van der Waals surface area contributed by atoms with Crippen molar-refractivity contribution in [3.8, 4) is 0 Å². The molecule has 2 aromatic carbocycles. The van der Waals surface area contributed by atoms with E-state index in [0.29, 0.717) is 5.02 Å². The zero-order chi connectivity index (χ0) is 16.8. The van der Waals surface area contributed by atoms with Gasteiger partial charge in [-0.15, -0.1) is 0 Å². The Balaban J connectivity index is 2.12. The Morgan fingerprint density at radius 1 is 1.09 bits per heavy atom. The maximum Gasteiger partial charge on any atom is 0.244 e. The molecule has 0 aromatic heterocycles. The number of Topliss-reactive ketones (excluding diaryl/α,β-unsaturated/α-hetero) is 2. The van der Waals surface area contributed by atoms with E-state index in [-0.39, 0.29) is 16.0 Å². The van der Waals surface area contributed by atoms with Crippen LogP contribution in [0.4, 0.5) is 0 Å². The highest BCUT2D eigenvalue weighted by atomic mass is 35.5. The number of rotatable bonds is 2. The fourth-order valence-electron chi connectivity index (χ4n) is 2.56. The molecule has 0 saturated carbocycles. The van der Waals surface area contributed by atoms with Crippen LogP contribution in [-0.4, -0.2) is 37.4 Å². The molecule has 0 radical (unpaired) electrons. The summed E-state index contributed by atoms with van der Waals surface area (Å²) in [6.45, 7) is 0. The molecule has 1 atom stereocenters. The summed E-state index contributed by atoms with van der Waals surface area (Å²) in [5.41, 5.74) is 0.270. The lowest BCUT2D eigenvalue weighted by Gasteiger charge is -2.31. The molecule has 23 heavy (non-hydrogen) atoms. The number of fused-ring (bicyclic) bond motifs is 1. The molecule has 1 aliphatic rings. The highest BCUT2D eigenvalue weighted by molar-refractivity contribution is 7.89. The predicted octanol–water partition coefficient (Wildman–Crippen LogP) is 2.41. The van der Waals surface area contributed by atoms with Crippen LogP contribution >= 0.6 is 11.6 Å². The first-order chi connectivity index (χ1) is 10.8. The largest absolute Gasteiger partial charge is 0.292 e.